The van der Waals surface area contributed by atoms with Gasteiger partial charge in [0.2, 0.25) is 0 Å². The van der Waals surface area contributed by atoms with E-state index < -0.39 is 5.97 Å². The highest BCUT2D eigenvalue weighted by Gasteiger charge is 2.14. The standard InChI is InChI=1S/C16H16N2O2S/c1-9-10(2)18(7-13-8-21-11(3)17-13)15-5-4-12(16(19)20)6-14(9)15/h4-6,8H,7H2,1-3H3,(H,19,20). The highest BCUT2D eigenvalue weighted by molar-refractivity contribution is 7.09. The Morgan fingerprint density at radius 3 is 2.71 bits per heavy atom. The molecule has 0 unspecified atom stereocenters. The lowest BCUT2D eigenvalue weighted by molar-refractivity contribution is 0.0697. The first kappa shape index (κ1) is 13.8. The zero-order chi connectivity index (χ0) is 15.1. The molecule has 2 heterocycles. The number of aryl methyl sites for hydroxylation is 2. The molecule has 1 N–H and O–H groups in total. The summed E-state index contributed by atoms with van der Waals surface area (Å²) >= 11 is 1.65. The van der Waals surface area contributed by atoms with Gasteiger partial charge in [-0.2, -0.15) is 0 Å². The zero-order valence-corrected chi connectivity index (χ0v) is 13.0. The number of carbonyl (C=O) groups is 1. The molecule has 0 fully saturated rings. The molecule has 1 aromatic carbocycles. The lowest BCUT2D eigenvalue weighted by Crippen LogP contribution is -2.02. The number of aromatic carboxylic acids is 1. The average molecular weight is 300 g/mol. The lowest BCUT2D eigenvalue weighted by Gasteiger charge is -2.06. The van der Waals surface area contributed by atoms with Gasteiger partial charge < -0.3 is 9.67 Å². The Balaban J connectivity index is 2.14. The molecule has 5 heteroatoms. The molecule has 3 aromatic rings. The predicted octanol–water partition coefficient (Wildman–Crippen LogP) is 3.77. The number of hydrogen-bond donors (Lipinski definition) is 1. The normalized spacial score (nSPS) is 11.2. The fourth-order valence-corrected chi connectivity index (χ4v) is 3.23. The molecule has 0 atom stereocenters. The Labute approximate surface area is 126 Å². The van der Waals surface area contributed by atoms with E-state index in [9.17, 15) is 4.79 Å². The topological polar surface area (TPSA) is 55.1 Å². The van der Waals surface area contributed by atoms with E-state index in [0.29, 0.717) is 12.1 Å². The maximum Gasteiger partial charge on any atom is 0.335 e. The van der Waals surface area contributed by atoms with Crippen molar-refractivity contribution in [1.29, 1.82) is 0 Å². The Bertz CT molecular complexity index is 845. The van der Waals surface area contributed by atoms with E-state index in [1.165, 1.54) is 0 Å². The maximum absolute atomic E-state index is 11.1. The van der Waals surface area contributed by atoms with Gasteiger partial charge in [0.15, 0.2) is 0 Å². The molecule has 0 radical (unpaired) electrons. The minimum absolute atomic E-state index is 0.326. The Hall–Kier alpha value is -2.14. The number of hydrogen-bond acceptors (Lipinski definition) is 3. The van der Waals surface area contributed by atoms with Crippen molar-refractivity contribution in [1.82, 2.24) is 9.55 Å². The number of nitrogens with zero attached hydrogens (tertiary/aromatic N) is 2. The third-order valence-corrected chi connectivity index (χ3v) is 4.69. The molecule has 0 spiro atoms. The quantitative estimate of drug-likeness (QED) is 0.801. The van der Waals surface area contributed by atoms with E-state index >= 15 is 0 Å². The van der Waals surface area contributed by atoms with Crippen molar-refractivity contribution in [3.63, 3.8) is 0 Å². The van der Waals surface area contributed by atoms with Crippen molar-refractivity contribution in [2.45, 2.75) is 27.3 Å². The minimum Gasteiger partial charge on any atom is -0.478 e. The molecular formula is C16H16N2O2S. The summed E-state index contributed by atoms with van der Waals surface area (Å²) in [5.74, 6) is -0.892. The van der Waals surface area contributed by atoms with E-state index in [0.717, 1.165) is 32.9 Å². The van der Waals surface area contributed by atoms with Crippen LogP contribution in [-0.2, 0) is 6.54 Å². The van der Waals surface area contributed by atoms with Crippen LogP contribution < -0.4 is 0 Å². The van der Waals surface area contributed by atoms with Crippen LogP contribution in [0.5, 0.6) is 0 Å². The first-order valence-electron chi connectivity index (χ1n) is 6.71. The second kappa shape index (κ2) is 5.00. The highest BCUT2D eigenvalue weighted by atomic mass is 32.1. The molecule has 0 aliphatic carbocycles. The lowest BCUT2D eigenvalue weighted by atomic mass is 10.1. The third-order valence-electron chi connectivity index (χ3n) is 3.87. The van der Waals surface area contributed by atoms with Crippen molar-refractivity contribution >= 4 is 28.2 Å². The fourth-order valence-electron chi connectivity index (χ4n) is 2.63. The van der Waals surface area contributed by atoms with Crippen molar-refractivity contribution in [2.75, 3.05) is 0 Å². The van der Waals surface area contributed by atoms with Crippen molar-refractivity contribution in [3.8, 4) is 0 Å². The molecule has 0 saturated heterocycles. The summed E-state index contributed by atoms with van der Waals surface area (Å²) in [5.41, 5.74) is 4.70. The SMILES string of the molecule is Cc1nc(Cn2c(C)c(C)c3cc(C(=O)O)ccc32)cs1. The molecule has 0 bridgehead atoms. The zero-order valence-electron chi connectivity index (χ0n) is 12.2. The Kier molecular flexibility index (Phi) is 3.29. The van der Waals surface area contributed by atoms with E-state index in [1.54, 1.807) is 23.5 Å². The second-order valence-corrected chi connectivity index (χ2v) is 6.25. The summed E-state index contributed by atoms with van der Waals surface area (Å²) in [4.78, 5) is 15.6. The van der Waals surface area contributed by atoms with E-state index in [1.807, 2.05) is 19.9 Å². The van der Waals surface area contributed by atoms with Crippen LogP contribution in [-0.4, -0.2) is 20.6 Å². The average Bonchev–Trinajstić information content (AvgIpc) is 2.96. The molecule has 3 rings (SSSR count). The van der Waals surface area contributed by atoms with Crippen LogP contribution in [0.1, 0.15) is 32.3 Å². The van der Waals surface area contributed by atoms with Crippen LogP contribution >= 0.6 is 11.3 Å². The van der Waals surface area contributed by atoms with E-state index in [-0.39, 0.29) is 0 Å². The molecule has 4 nitrogen and oxygen atoms in total. The van der Waals surface area contributed by atoms with Gasteiger partial charge in [-0.05, 0) is 44.5 Å². The van der Waals surface area contributed by atoms with E-state index in [2.05, 4.69) is 21.9 Å². The van der Waals surface area contributed by atoms with Gasteiger partial charge in [0.1, 0.15) is 0 Å². The number of rotatable bonds is 3. The predicted molar refractivity (Wildman–Crippen MR) is 84.3 cm³/mol. The Morgan fingerprint density at radius 1 is 1.33 bits per heavy atom. The van der Waals surface area contributed by atoms with Crippen LogP contribution in [0.3, 0.4) is 0 Å². The largest absolute Gasteiger partial charge is 0.478 e. The minimum atomic E-state index is -0.892. The molecule has 21 heavy (non-hydrogen) atoms. The van der Waals surface area contributed by atoms with E-state index in [4.69, 9.17) is 5.11 Å². The van der Waals surface area contributed by atoms with Gasteiger partial charge in [-0.1, -0.05) is 0 Å². The van der Waals surface area contributed by atoms with Gasteiger partial charge in [0.25, 0.3) is 0 Å². The number of thiazole rings is 1. The molecule has 0 aliphatic heterocycles. The summed E-state index contributed by atoms with van der Waals surface area (Å²) in [7, 11) is 0. The van der Waals surface area contributed by atoms with Gasteiger partial charge in [-0.15, -0.1) is 11.3 Å². The summed E-state index contributed by atoms with van der Waals surface area (Å²) in [6.45, 7) is 6.81. The molecule has 0 aliphatic rings. The Morgan fingerprint density at radius 2 is 2.10 bits per heavy atom. The van der Waals surface area contributed by atoms with Gasteiger partial charge in [0.05, 0.1) is 22.8 Å². The van der Waals surface area contributed by atoms with Gasteiger partial charge in [-0.3, -0.25) is 0 Å². The van der Waals surface area contributed by atoms with Crippen LogP contribution in [0.25, 0.3) is 10.9 Å². The summed E-state index contributed by atoms with van der Waals surface area (Å²) in [5, 5.41) is 13.3. The summed E-state index contributed by atoms with van der Waals surface area (Å²) in [6.07, 6.45) is 0. The molecule has 2 aromatic heterocycles. The van der Waals surface area contributed by atoms with Crippen LogP contribution in [0.15, 0.2) is 23.6 Å². The summed E-state index contributed by atoms with van der Waals surface area (Å²) < 4.78 is 2.20. The summed E-state index contributed by atoms with van der Waals surface area (Å²) in [6, 6.07) is 5.30. The monoisotopic (exact) mass is 300 g/mol. The third kappa shape index (κ3) is 2.34. The number of fused-ring (bicyclic) bond motifs is 1. The van der Waals surface area contributed by atoms with Crippen LogP contribution in [0.4, 0.5) is 0 Å². The van der Waals surface area contributed by atoms with Crippen LogP contribution in [0, 0.1) is 20.8 Å². The van der Waals surface area contributed by atoms with Gasteiger partial charge in [0, 0.05) is 22.0 Å². The number of aromatic nitrogens is 2. The highest BCUT2D eigenvalue weighted by Crippen LogP contribution is 2.27. The van der Waals surface area contributed by atoms with Crippen molar-refractivity contribution in [2.24, 2.45) is 0 Å². The molecule has 0 amide bonds. The first-order valence-corrected chi connectivity index (χ1v) is 7.59. The molecular weight excluding hydrogens is 284 g/mol. The smallest absolute Gasteiger partial charge is 0.335 e. The van der Waals surface area contributed by atoms with Crippen molar-refractivity contribution in [3.05, 3.63) is 51.1 Å². The number of carboxylic acid groups (broad SMARTS) is 1. The van der Waals surface area contributed by atoms with Crippen LogP contribution in [0.2, 0.25) is 0 Å². The maximum atomic E-state index is 11.1. The van der Waals surface area contributed by atoms with Gasteiger partial charge >= 0.3 is 5.97 Å². The van der Waals surface area contributed by atoms with Crippen molar-refractivity contribution < 1.29 is 9.90 Å². The second-order valence-electron chi connectivity index (χ2n) is 5.19. The fraction of sp³-hybridized carbons (Fsp3) is 0.250. The number of carboxylic acids is 1. The van der Waals surface area contributed by atoms with Gasteiger partial charge in [-0.25, -0.2) is 9.78 Å². The first-order chi connectivity index (χ1) is 9.97. The molecule has 108 valence electrons. The molecule has 0 saturated carbocycles. The number of benzene rings is 1.